The topological polar surface area (TPSA) is 66.0 Å². The number of rotatable bonds is 4. The molecule has 0 fully saturated rings. The molecular formula is C18H15FN4OS. The molecule has 1 amide bonds. The third-order valence-corrected chi connectivity index (χ3v) is 4.51. The number of benzene rings is 2. The van der Waals surface area contributed by atoms with E-state index in [1.165, 1.54) is 12.1 Å². The Kier molecular flexibility index (Phi) is 4.07. The smallest absolute Gasteiger partial charge is 0.228 e. The zero-order valence-corrected chi connectivity index (χ0v) is 13.9. The normalized spacial score (nSPS) is 15.2. The number of hydrogen-bond acceptors (Lipinski definition) is 5. The fourth-order valence-corrected chi connectivity index (χ4v) is 3.34. The summed E-state index contributed by atoms with van der Waals surface area (Å²) in [6.07, 6.45) is 0.0570. The van der Waals surface area contributed by atoms with Gasteiger partial charge in [-0.1, -0.05) is 12.1 Å². The molecule has 7 heteroatoms. The van der Waals surface area contributed by atoms with Gasteiger partial charge >= 0.3 is 0 Å². The number of anilines is 3. The summed E-state index contributed by atoms with van der Waals surface area (Å²) in [6, 6.07) is 11.7. The molecular weight excluding hydrogens is 339 g/mol. The lowest BCUT2D eigenvalue weighted by Crippen LogP contribution is -2.14. The van der Waals surface area contributed by atoms with Gasteiger partial charge in [0.2, 0.25) is 5.91 Å². The third-order valence-electron chi connectivity index (χ3n) is 3.90. The van der Waals surface area contributed by atoms with Crippen molar-refractivity contribution in [1.29, 1.82) is 0 Å². The molecule has 0 saturated heterocycles. The highest BCUT2D eigenvalue weighted by molar-refractivity contribution is 7.07. The van der Waals surface area contributed by atoms with Crippen molar-refractivity contribution in [3.63, 3.8) is 0 Å². The van der Waals surface area contributed by atoms with E-state index in [2.05, 4.69) is 20.9 Å². The zero-order valence-electron chi connectivity index (χ0n) is 13.1. The van der Waals surface area contributed by atoms with Gasteiger partial charge in [-0.3, -0.25) is 4.79 Å². The van der Waals surface area contributed by atoms with Crippen molar-refractivity contribution in [2.24, 2.45) is 0 Å². The Hall–Kier alpha value is -2.93. The Morgan fingerprint density at radius 1 is 1.20 bits per heavy atom. The number of nitrogens with zero attached hydrogens (tertiary/aromatic N) is 1. The molecule has 0 aliphatic carbocycles. The summed E-state index contributed by atoms with van der Waals surface area (Å²) in [6.45, 7) is 0. The van der Waals surface area contributed by atoms with E-state index in [4.69, 9.17) is 0 Å². The second kappa shape index (κ2) is 6.52. The Morgan fingerprint density at radius 2 is 2.08 bits per heavy atom. The standard InChI is InChI=1S/C18H15FN4OS/c19-12-3-1-2-11(6-12)7-17(24)21-13-4-5-14-15(8-13)23-18(22-14)16-9-25-10-20-16/h1-6,8-10,18,22-23H,7H2,(H,21,24). The number of thiazole rings is 1. The summed E-state index contributed by atoms with van der Waals surface area (Å²) in [5, 5.41) is 11.5. The monoisotopic (exact) mass is 354 g/mol. The molecule has 2 heterocycles. The summed E-state index contributed by atoms with van der Waals surface area (Å²) in [4.78, 5) is 16.5. The molecule has 3 aromatic rings. The van der Waals surface area contributed by atoms with Crippen molar-refractivity contribution in [3.8, 4) is 0 Å². The molecule has 2 aromatic carbocycles. The van der Waals surface area contributed by atoms with E-state index < -0.39 is 0 Å². The predicted octanol–water partition coefficient (Wildman–Crippen LogP) is 4.00. The maximum Gasteiger partial charge on any atom is 0.228 e. The minimum Gasteiger partial charge on any atom is -0.359 e. The van der Waals surface area contributed by atoms with Crippen LogP contribution in [0.5, 0.6) is 0 Å². The number of carbonyl (C=O) groups is 1. The van der Waals surface area contributed by atoms with Crippen LogP contribution in [0.25, 0.3) is 0 Å². The van der Waals surface area contributed by atoms with Crippen molar-refractivity contribution < 1.29 is 9.18 Å². The quantitative estimate of drug-likeness (QED) is 0.663. The fraction of sp³-hybridized carbons (Fsp3) is 0.111. The fourth-order valence-electron chi connectivity index (χ4n) is 2.76. The van der Waals surface area contributed by atoms with Crippen LogP contribution in [-0.2, 0) is 11.2 Å². The van der Waals surface area contributed by atoms with Gasteiger partial charge in [0.15, 0.2) is 0 Å². The summed E-state index contributed by atoms with van der Waals surface area (Å²) in [5.41, 5.74) is 5.91. The van der Waals surface area contributed by atoms with E-state index >= 15 is 0 Å². The van der Waals surface area contributed by atoms with Crippen molar-refractivity contribution in [1.82, 2.24) is 4.98 Å². The van der Waals surface area contributed by atoms with Crippen molar-refractivity contribution in [3.05, 3.63) is 70.4 Å². The minimum atomic E-state index is -0.341. The lowest BCUT2D eigenvalue weighted by Gasteiger charge is -2.08. The van der Waals surface area contributed by atoms with E-state index in [9.17, 15) is 9.18 Å². The van der Waals surface area contributed by atoms with E-state index in [0.29, 0.717) is 11.3 Å². The lowest BCUT2D eigenvalue weighted by molar-refractivity contribution is -0.115. The largest absolute Gasteiger partial charge is 0.359 e. The number of amides is 1. The molecule has 1 atom stereocenters. The molecule has 1 unspecified atom stereocenters. The maximum atomic E-state index is 13.2. The molecule has 5 nitrogen and oxygen atoms in total. The van der Waals surface area contributed by atoms with E-state index in [-0.39, 0.29) is 24.3 Å². The van der Waals surface area contributed by atoms with Crippen molar-refractivity contribution in [2.75, 3.05) is 16.0 Å². The number of hydrogen-bond donors (Lipinski definition) is 3. The van der Waals surface area contributed by atoms with Gasteiger partial charge in [-0.2, -0.15) is 0 Å². The highest BCUT2D eigenvalue weighted by Gasteiger charge is 2.22. The summed E-state index contributed by atoms with van der Waals surface area (Å²) < 4.78 is 13.2. The number of nitrogens with one attached hydrogen (secondary N) is 3. The number of fused-ring (bicyclic) bond motifs is 1. The predicted molar refractivity (Wildman–Crippen MR) is 97.3 cm³/mol. The molecule has 0 saturated carbocycles. The van der Waals surface area contributed by atoms with Crippen LogP contribution in [0.15, 0.2) is 53.4 Å². The summed E-state index contributed by atoms with van der Waals surface area (Å²) in [7, 11) is 0. The Labute approximate surface area is 147 Å². The Balaban J connectivity index is 1.43. The lowest BCUT2D eigenvalue weighted by atomic mass is 10.1. The van der Waals surface area contributed by atoms with Gasteiger partial charge in [-0.15, -0.1) is 11.3 Å². The van der Waals surface area contributed by atoms with Crippen LogP contribution in [0.2, 0.25) is 0 Å². The van der Waals surface area contributed by atoms with Gasteiger partial charge in [-0.25, -0.2) is 9.37 Å². The number of halogens is 1. The molecule has 25 heavy (non-hydrogen) atoms. The third kappa shape index (κ3) is 3.46. The Bertz CT molecular complexity index is 913. The first-order valence-corrected chi connectivity index (χ1v) is 8.71. The molecule has 126 valence electrons. The van der Waals surface area contributed by atoms with Gasteiger partial charge in [0, 0.05) is 11.1 Å². The average Bonchev–Trinajstić information content (AvgIpc) is 3.23. The van der Waals surface area contributed by atoms with Crippen LogP contribution in [-0.4, -0.2) is 10.9 Å². The summed E-state index contributed by atoms with van der Waals surface area (Å²) >= 11 is 1.54. The molecule has 0 bridgehead atoms. The van der Waals surface area contributed by atoms with Gasteiger partial charge in [0.1, 0.15) is 12.0 Å². The number of carbonyl (C=O) groups excluding carboxylic acids is 1. The van der Waals surface area contributed by atoms with Crippen LogP contribution in [0.4, 0.5) is 21.5 Å². The number of aromatic nitrogens is 1. The van der Waals surface area contributed by atoms with Gasteiger partial charge in [-0.05, 0) is 35.9 Å². The van der Waals surface area contributed by atoms with Gasteiger partial charge in [0.25, 0.3) is 0 Å². The van der Waals surface area contributed by atoms with E-state index in [1.54, 1.807) is 29.0 Å². The first-order chi connectivity index (χ1) is 12.2. The van der Waals surface area contributed by atoms with Crippen molar-refractivity contribution in [2.45, 2.75) is 12.6 Å². The van der Waals surface area contributed by atoms with Crippen LogP contribution in [0.3, 0.4) is 0 Å². The molecule has 3 N–H and O–H groups in total. The first kappa shape index (κ1) is 15.6. The van der Waals surface area contributed by atoms with E-state index in [0.717, 1.165) is 17.1 Å². The second-order valence-electron chi connectivity index (χ2n) is 5.75. The van der Waals surface area contributed by atoms with Crippen molar-refractivity contribution >= 4 is 34.3 Å². The van der Waals surface area contributed by atoms with Gasteiger partial charge in [0.05, 0.1) is 29.0 Å². The molecule has 1 aliphatic rings. The highest BCUT2D eigenvalue weighted by Crippen LogP contribution is 2.36. The molecule has 0 radical (unpaired) electrons. The van der Waals surface area contributed by atoms with Gasteiger partial charge < -0.3 is 16.0 Å². The average molecular weight is 354 g/mol. The highest BCUT2D eigenvalue weighted by atomic mass is 32.1. The minimum absolute atomic E-state index is 0.0699. The SMILES string of the molecule is O=C(Cc1cccc(F)c1)Nc1ccc2c(c1)NC(c1cscn1)N2. The molecule has 0 spiro atoms. The maximum absolute atomic E-state index is 13.2. The van der Waals surface area contributed by atoms with Crippen LogP contribution in [0.1, 0.15) is 17.4 Å². The molecule has 4 rings (SSSR count). The first-order valence-electron chi connectivity index (χ1n) is 7.77. The molecule has 1 aliphatic heterocycles. The molecule has 1 aromatic heterocycles. The van der Waals surface area contributed by atoms with Crippen LogP contribution in [0, 0.1) is 5.82 Å². The van der Waals surface area contributed by atoms with Crippen LogP contribution >= 0.6 is 11.3 Å². The van der Waals surface area contributed by atoms with E-state index in [1.807, 2.05) is 23.6 Å². The second-order valence-corrected chi connectivity index (χ2v) is 6.47. The Morgan fingerprint density at radius 3 is 2.88 bits per heavy atom. The summed E-state index contributed by atoms with van der Waals surface area (Å²) in [5.74, 6) is -0.529. The zero-order chi connectivity index (χ0) is 17.2. The van der Waals surface area contributed by atoms with Crippen LogP contribution < -0.4 is 16.0 Å².